The highest BCUT2D eigenvalue weighted by atomic mass is 32.2. The first-order chi connectivity index (χ1) is 12.7. The maximum Gasteiger partial charge on any atom is 0.303 e. The first kappa shape index (κ1) is 22.9. The molecule has 0 radical (unpaired) electrons. The summed E-state index contributed by atoms with van der Waals surface area (Å²) in [6.07, 6.45) is 0.0217. The third-order valence-electron chi connectivity index (χ3n) is 3.74. The Kier molecular flexibility index (Phi) is 9.76. The molecule has 0 bridgehead atoms. The number of carboxylic acid groups (broad SMARTS) is 2. The zero-order chi connectivity index (χ0) is 20.3. The Labute approximate surface area is 158 Å². The highest BCUT2D eigenvalue weighted by Gasteiger charge is 2.16. The van der Waals surface area contributed by atoms with E-state index in [1.165, 1.54) is 24.3 Å². The molecule has 10 heteroatoms. The summed E-state index contributed by atoms with van der Waals surface area (Å²) in [7, 11) is -3.25. The van der Waals surface area contributed by atoms with E-state index in [0.717, 1.165) is 32.8 Å². The molecule has 1 aromatic carbocycles. The van der Waals surface area contributed by atoms with E-state index in [1.54, 1.807) is 0 Å². The summed E-state index contributed by atoms with van der Waals surface area (Å²) in [5, 5.41) is 25.0. The lowest BCUT2D eigenvalue weighted by Gasteiger charge is -2.26. The van der Waals surface area contributed by atoms with Crippen LogP contribution in [-0.4, -0.2) is 79.2 Å². The molecule has 0 aliphatic carbocycles. The van der Waals surface area contributed by atoms with Crippen LogP contribution < -0.4 is 0 Å². The van der Waals surface area contributed by atoms with Crippen LogP contribution in [0.4, 0.5) is 0 Å². The lowest BCUT2D eigenvalue weighted by Crippen LogP contribution is -2.37. The summed E-state index contributed by atoms with van der Waals surface area (Å²) in [4.78, 5) is 21.8. The molecule has 0 unspecified atom stereocenters. The van der Waals surface area contributed by atoms with Crippen molar-refractivity contribution in [3.63, 3.8) is 0 Å². The molecule has 9 nitrogen and oxygen atoms in total. The van der Waals surface area contributed by atoms with Crippen LogP contribution >= 0.6 is 0 Å². The van der Waals surface area contributed by atoms with Crippen molar-refractivity contribution in [3.8, 4) is 5.75 Å². The molecular weight excluding hydrogens is 378 g/mol. The van der Waals surface area contributed by atoms with Gasteiger partial charge < -0.3 is 20.1 Å². The van der Waals surface area contributed by atoms with Crippen molar-refractivity contribution in [2.24, 2.45) is 0 Å². The zero-order valence-electron chi connectivity index (χ0n) is 14.9. The van der Waals surface area contributed by atoms with Gasteiger partial charge >= 0.3 is 11.9 Å². The van der Waals surface area contributed by atoms with Gasteiger partial charge in [-0.3, -0.25) is 14.5 Å². The van der Waals surface area contributed by atoms with Gasteiger partial charge in [0.15, 0.2) is 9.84 Å². The average molecular weight is 403 g/mol. The van der Waals surface area contributed by atoms with Crippen molar-refractivity contribution in [3.05, 3.63) is 24.3 Å². The van der Waals surface area contributed by atoms with Gasteiger partial charge in [0.05, 0.1) is 36.7 Å². The molecule has 1 saturated heterocycles. The summed E-state index contributed by atoms with van der Waals surface area (Å²) in [6.45, 7) is 3.98. The molecule has 0 saturated carbocycles. The monoisotopic (exact) mass is 403 g/mol. The predicted molar refractivity (Wildman–Crippen MR) is 96.5 cm³/mol. The number of hydrogen-bond donors (Lipinski definition) is 3. The van der Waals surface area contributed by atoms with Gasteiger partial charge in [-0.25, -0.2) is 8.42 Å². The van der Waals surface area contributed by atoms with E-state index in [2.05, 4.69) is 4.90 Å². The van der Waals surface area contributed by atoms with Crippen LogP contribution in [0.15, 0.2) is 29.2 Å². The van der Waals surface area contributed by atoms with Crippen molar-refractivity contribution >= 4 is 21.8 Å². The number of phenolic OH excluding ortho intramolecular Hbond substituents is 1. The van der Waals surface area contributed by atoms with Crippen LogP contribution in [0, 0.1) is 0 Å². The van der Waals surface area contributed by atoms with Gasteiger partial charge in [-0.2, -0.15) is 0 Å². The Hall–Kier alpha value is -2.17. The van der Waals surface area contributed by atoms with E-state index < -0.39 is 21.8 Å². The molecule has 2 rings (SSSR count). The fraction of sp³-hybridized carbons (Fsp3) is 0.529. The van der Waals surface area contributed by atoms with Gasteiger partial charge in [-0.05, 0) is 37.2 Å². The lowest BCUT2D eigenvalue weighted by atomic mass is 10.3. The highest BCUT2D eigenvalue weighted by molar-refractivity contribution is 7.91. The highest BCUT2D eigenvalue weighted by Crippen LogP contribution is 2.16. The Bertz CT molecular complexity index is 682. The van der Waals surface area contributed by atoms with Gasteiger partial charge in [0.25, 0.3) is 0 Å². The normalized spacial score (nSPS) is 14.8. The van der Waals surface area contributed by atoms with Crippen molar-refractivity contribution in [1.29, 1.82) is 0 Å². The number of aromatic hydroxyl groups is 1. The first-order valence-electron chi connectivity index (χ1n) is 8.46. The number of rotatable bonds is 8. The maximum absolute atomic E-state index is 12.1. The van der Waals surface area contributed by atoms with Crippen LogP contribution in [0.5, 0.6) is 5.75 Å². The molecule has 0 aromatic heterocycles. The van der Waals surface area contributed by atoms with Crippen LogP contribution in [-0.2, 0) is 24.2 Å². The lowest BCUT2D eigenvalue weighted by molar-refractivity contribution is -0.143. The SMILES string of the molecule is O=C(O)CCC(=O)O.O=S(=O)(CCCN1CCOCC1)c1ccc(O)cc1. The number of aliphatic carboxylic acids is 2. The van der Waals surface area contributed by atoms with Crippen LogP contribution in [0.3, 0.4) is 0 Å². The second-order valence-electron chi connectivity index (χ2n) is 5.91. The molecule has 0 spiro atoms. The molecule has 1 aromatic rings. The molecule has 1 aliphatic heterocycles. The topological polar surface area (TPSA) is 141 Å². The minimum Gasteiger partial charge on any atom is -0.508 e. The predicted octanol–water partition coefficient (Wildman–Crippen LogP) is 0.824. The maximum atomic E-state index is 12.1. The number of hydrogen-bond acceptors (Lipinski definition) is 7. The minimum atomic E-state index is -3.25. The Morgan fingerprint density at radius 2 is 1.52 bits per heavy atom. The molecule has 1 aliphatic rings. The number of phenols is 1. The number of morpholine rings is 1. The third kappa shape index (κ3) is 9.92. The second-order valence-corrected chi connectivity index (χ2v) is 8.02. The number of benzene rings is 1. The quantitative estimate of drug-likeness (QED) is 0.575. The summed E-state index contributed by atoms with van der Waals surface area (Å²) in [5.74, 6) is -1.94. The summed E-state index contributed by atoms with van der Waals surface area (Å²) in [6, 6.07) is 5.68. The first-order valence-corrected chi connectivity index (χ1v) is 10.1. The van der Waals surface area contributed by atoms with E-state index in [0.29, 0.717) is 6.42 Å². The number of nitrogens with zero attached hydrogens (tertiary/aromatic N) is 1. The van der Waals surface area contributed by atoms with Crippen LogP contribution in [0.25, 0.3) is 0 Å². The largest absolute Gasteiger partial charge is 0.508 e. The van der Waals surface area contributed by atoms with Gasteiger partial charge in [0.2, 0.25) is 0 Å². The molecule has 1 heterocycles. The van der Waals surface area contributed by atoms with E-state index in [4.69, 9.17) is 20.1 Å². The Balaban J connectivity index is 0.000000387. The Morgan fingerprint density at radius 3 is 2.00 bits per heavy atom. The van der Waals surface area contributed by atoms with E-state index in [9.17, 15) is 18.0 Å². The van der Waals surface area contributed by atoms with E-state index >= 15 is 0 Å². The smallest absolute Gasteiger partial charge is 0.303 e. The van der Waals surface area contributed by atoms with E-state index in [1.807, 2.05) is 0 Å². The average Bonchev–Trinajstić information content (AvgIpc) is 2.62. The van der Waals surface area contributed by atoms with Crippen molar-refractivity contribution in [2.45, 2.75) is 24.2 Å². The number of ether oxygens (including phenoxy) is 1. The summed E-state index contributed by atoms with van der Waals surface area (Å²) in [5.41, 5.74) is 0. The van der Waals surface area contributed by atoms with Crippen molar-refractivity contribution in [2.75, 3.05) is 38.6 Å². The molecule has 0 amide bonds. The second kappa shape index (κ2) is 11.5. The third-order valence-corrected chi connectivity index (χ3v) is 5.56. The standard InChI is InChI=1S/C13H19NO4S.C4H6O4/c15-12-2-4-13(5-3-12)19(16,17)11-1-6-14-7-9-18-10-8-14;5-3(6)1-2-4(7)8/h2-5,15H,1,6-11H2;1-2H2,(H,5,6)(H,7,8). The molecule has 27 heavy (non-hydrogen) atoms. The Morgan fingerprint density at radius 1 is 1.00 bits per heavy atom. The van der Waals surface area contributed by atoms with Gasteiger partial charge in [-0.1, -0.05) is 0 Å². The van der Waals surface area contributed by atoms with Crippen molar-refractivity contribution in [1.82, 2.24) is 4.90 Å². The van der Waals surface area contributed by atoms with Crippen molar-refractivity contribution < 1.29 is 38.1 Å². The summed E-state index contributed by atoms with van der Waals surface area (Å²) < 4.78 is 29.4. The molecule has 0 atom stereocenters. The van der Waals surface area contributed by atoms with Gasteiger partial charge in [0.1, 0.15) is 5.75 Å². The van der Waals surface area contributed by atoms with Crippen LogP contribution in [0.1, 0.15) is 19.3 Å². The van der Waals surface area contributed by atoms with Gasteiger partial charge in [0, 0.05) is 13.1 Å². The molecule has 1 fully saturated rings. The zero-order valence-corrected chi connectivity index (χ0v) is 15.7. The van der Waals surface area contributed by atoms with E-state index in [-0.39, 0.29) is 29.2 Å². The number of carboxylic acids is 2. The summed E-state index contributed by atoms with van der Waals surface area (Å²) >= 11 is 0. The fourth-order valence-corrected chi connectivity index (χ4v) is 3.58. The molecule has 152 valence electrons. The van der Waals surface area contributed by atoms with Gasteiger partial charge in [-0.15, -0.1) is 0 Å². The van der Waals surface area contributed by atoms with Crippen LogP contribution in [0.2, 0.25) is 0 Å². The molecule has 3 N–H and O–H groups in total. The number of sulfone groups is 1. The minimum absolute atomic E-state index is 0.0762. The fourth-order valence-electron chi connectivity index (χ4n) is 2.29. The number of carbonyl (C=O) groups is 2. The molecular formula is C17H25NO8S.